The first-order valence-electron chi connectivity index (χ1n) is 8.27. The normalized spacial score (nSPS) is 11.9. The molecule has 0 aliphatic heterocycles. The summed E-state index contributed by atoms with van der Waals surface area (Å²) in [5.74, 6) is -1.16. The number of amides is 1. The van der Waals surface area contributed by atoms with Crippen molar-refractivity contribution in [3.8, 4) is 5.75 Å². The highest BCUT2D eigenvalue weighted by Crippen LogP contribution is 2.20. The Morgan fingerprint density at radius 1 is 1.22 bits per heavy atom. The fourth-order valence-corrected chi connectivity index (χ4v) is 2.36. The van der Waals surface area contributed by atoms with Crippen molar-refractivity contribution in [3.63, 3.8) is 0 Å². The van der Waals surface area contributed by atoms with Crippen LogP contribution in [0.4, 0.5) is 10.1 Å². The van der Waals surface area contributed by atoms with Crippen molar-refractivity contribution in [2.75, 3.05) is 11.9 Å². The maximum atomic E-state index is 13.6. The molecule has 0 unspecified atom stereocenters. The Kier molecular flexibility index (Phi) is 7.37. The molecule has 0 fully saturated rings. The van der Waals surface area contributed by atoms with E-state index < -0.39 is 23.8 Å². The van der Waals surface area contributed by atoms with Crippen LogP contribution in [0.15, 0.2) is 48.5 Å². The number of hydrogen-bond donors (Lipinski definition) is 1. The van der Waals surface area contributed by atoms with Crippen LogP contribution in [0.5, 0.6) is 5.75 Å². The fraction of sp³-hybridized carbons (Fsp3) is 0.200. The van der Waals surface area contributed by atoms with Gasteiger partial charge in [0.1, 0.15) is 11.6 Å². The molecule has 0 heterocycles. The Morgan fingerprint density at radius 2 is 1.93 bits per heavy atom. The maximum Gasteiger partial charge on any atom is 0.331 e. The van der Waals surface area contributed by atoms with E-state index in [0.29, 0.717) is 18.0 Å². The van der Waals surface area contributed by atoms with Crippen molar-refractivity contribution in [2.24, 2.45) is 0 Å². The van der Waals surface area contributed by atoms with Gasteiger partial charge in [0, 0.05) is 17.3 Å². The molecule has 0 aliphatic rings. The van der Waals surface area contributed by atoms with Crippen LogP contribution in [-0.4, -0.2) is 24.6 Å². The number of ether oxygens (including phenoxy) is 2. The third-order valence-corrected chi connectivity index (χ3v) is 3.81. The maximum absolute atomic E-state index is 13.6. The molecule has 1 amide bonds. The van der Waals surface area contributed by atoms with E-state index in [0.717, 1.165) is 6.08 Å². The number of nitrogens with one attached hydrogen (secondary N) is 1. The zero-order valence-corrected chi connectivity index (χ0v) is 15.6. The summed E-state index contributed by atoms with van der Waals surface area (Å²) < 4.78 is 24.0. The van der Waals surface area contributed by atoms with E-state index in [-0.39, 0.29) is 10.6 Å². The molecule has 142 valence electrons. The monoisotopic (exact) mass is 391 g/mol. The average Bonchev–Trinajstić information content (AvgIpc) is 2.63. The number of carbonyl (C=O) groups is 2. The second kappa shape index (κ2) is 9.73. The lowest BCUT2D eigenvalue weighted by atomic mass is 10.2. The first-order valence-corrected chi connectivity index (χ1v) is 8.65. The Labute approximate surface area is 161 Å². The summed E-state index contributed by atoms with van der Waals surface area (Å²) in [6.07, 6.45) is 1.19. The molecule has 7 heteroatoms. The first-order chi connectivity index (χ1) is 12.9. The molecular weight excluding hydrogens is 373 g/mol. The van der Waals surface area contributed by atoms with Gasteiger partial charge in [-0.2, -0.15) is 0 Å². The van der Waals surface area contributed by atoms with Gasteiger partial charge in [0.2, 0.25) is 0 Å². The lowest BCUT2D eigenvalue weighted by Crippen LogP contribution is -2.29. The first kappa shape index (κ1) is 20.5. The number of halogens is 2. The number of carbonyl (C=O) groups excluding carboxylic acids is 2. The number of anilines is 1. The van der Waals surface area contributed by atoms with Crippen molar-refractivity contribution in [2.45, 2.75) is 20.0 Å². The van der Waals surface area contributed by atoms with Gasteiger partial charge in [-0.05, 0) is 56.3 Å². The van der Waals surface area contributed by atoms with E-state index in [2.05, 4.69) is 5.32 Å². The largest absolute Gasteiger partial charge is 0.494 e. The van der Waals surface area contributed by atoms with Gasteiger partial charge in [-0.15, -0.1) is 0 Å². The third-order valence-electron chi connectivity index (χ3n) is 3.48. The predicted molar refractivity (Wildman–Crippen MR) is 102 cm³/mol. The minimum absolute atomic E-state index is 0.0719. The summed E-state index contributed by atoms with van der Waals surface area (Å²) in [6.45, 7) is 3.86. The minimum atomic E-state index is -1.04. The van der Waals surface area contributed by atoms with E-state index in [4.69, 9.17) is 21.1 Å². The second-order valence-corrected chi connectivity index (χ2v) is 5.90. The molecule has 2 aromatic rings. The second-order valence-electron chi connectivity index (χ2n) is 5.49. The number of hydrogen-bond acceptors (Lipinski definition) is 4. The molecule has 0 saturated carbocycles. The van der Waals surface area contributed by atoms with Gasteiger partial charge in [0.05, 0.1) is 11.6 Å². The third kappa shape index (κ3) is 6.11. The molecule has 2 rings (SSSR count). The van der Waals surface area contributed by atoms with Gasteiger partial charge in [-0.25, -0.2) is 9.18 Å². The van der Waals surface area contributed by atoms with Gasteiger partial charge >= 0.3 is 5.97 Å². The zero-order valence-electron chi connectivity index (χ0n) is 14.9. The van der Waals surface area contributed by atoms with Crippen molar-refractivity contribution >= 4 is 35.2 Å². The van der Waals surface area contributed by atoms with Gasteiger partial charge in [-0.3, -0.25) is 4.79 Å². The molecular formula is C20H19ClFNO4. The molecule has 2 aromatic carbocycles. The lowest BCUT2D eigenvalue weighted by Gasteiger charge is -2.13. The predicted octanol–water partition coefficient (Wildman–Crippen LogP) is 4.46. The van der Waals surface area contributed by atoms with E-state index >= 15 is 0 Å². The Morgan fingerprint density at radius 3 is 2.56 bits per heavy atom. The van der Waals surface area contributed by atoms with E-state index in [9.17, 15) is 14.0 Å². The van der Waals surface area contributed by atoms with Crippen LogP contribution >= 0.6 is 11.6 Å². The standard InChI is InChI=1S/C20H19ClFNO4/c1-3-26-15-9-7-14(8-10-15)23-20(25)13(2)27-19(24)12-11-16-17(21)5-4-6-18(16)22/h4-13H,3H2,1-2H3,(H,23,25)/b12-11+/t13-/m1/s1. The molecule has 1 N–H and O–H groups in total. The summed E-state index contributed by atoms with van der Waals surface area (Å²) in [7, 11) is 0. The lowest BCUT2D eigenvalue weighted by molar-refractivity contribution is -0.148. The van der Waals surface area contributed by atoms with Gasteiger partial charge in [0.15, 0.2) is 6.10 Å². The molecule has 0 saturated heterocycles. The molecule has 0 aromatic heterocycles. The van der Waals surface area contributed by atoms with Gasteiger partial charge < -0.3 is 14.8 Å². The highest BCUT2D eigenvalue weighted by Gasteiger charge is 2.17. The van der Waals surface area contributed by atoms with Crippen LogP contribution in [0.1, 0.15) is 19.4 Å². The van der Waals surface area contributed by atoms with Crippen molar-refractivity contribution < 1.29 is 23.5 Å². The highest BCUT2D eigenvalue weighted by molar-refractivity contribution is 6.32. The number of rotatable bonds is 7. The summed E-state index contributed by atoms with van der Waals surface area (Å²) in [4.78, 5) is 24.0. The van der Waals surface area contributed by atoms with Crippen molar-refractivity contribution in [1.29, 1.82) is 0 Å². The molecule has 0 radical (unpaired) electrons. The molecule has 1 atom stereocenters. The zero-order chi connectivity index (χ0) is 19.8. The van der Waals surface area contributed by atoms with Crippen molar-refractivity contribution in [1.82, 2.24) is 0 Å². The van der Waals surface area contributed by atoms with E-state index in [1.165, 1.54) is 31.2 Å². The number of esters is 1. The van der Waals surface area contributed by atoms with Crippen LogP contribution in [0.3, 0.4) is 0 Å². The summed E-state index contributed by atoms with van der Waals surface area (Å²) in [5.41, 5.74) is 0.614. The Hall–Kier alpha value is -2.86. The van der Waals surface area contributed by atoms with Gasteiger partial charge in [-0.1, -0.05) is 17.7 Å². The smallest absolute Gasteiger partial charge is 0.331 e. The SMILES string of the molecule is CCOc1ccc(NC(=O)[C@@H](C)OC(=O)/C=C/c2c(F)cccc2Cl)cc1. The van der Waals surface area contributed by atoms with Crippen LogP contribution in [0.2, 0.25) is 5.02 Å². The quantitative estimate of drug-likeness (QED) is 0.559. The Balaban J connectivity index is 1.91. The molecule has 5 nitrogen and oxygen atoms in total. The summed E-state index contributed by atoms with van der Waals surface area (Å²) >= 11 is 5.87. The summed E-state index contributed by atoms with van der Waals surface area (Å²) in [6, 6.07) is 11.0. The van der Waals surface area contributed by atoms with E-state index in [1.54, 1.807) is 24.3 Å². The Bertz CT molecular complexity index is 816. The van der Waals surface area contributed by atoms with Crippen LogP contribution < -0.4 is 10.1 Å². The minimum Gasteiger partial charge on any atom is -0.494 e. The van der Waals surface area contributed by atoms with Crippen LogP contribution in [-0.2, 0) is 14.3 Å². The van der Waals surface area contributed by atoms with Crippen LogP contribution in [0, 0.1) is 5.82 Å². The molecule has 0 spiro atoms. The molecule has 0 aliphatic carbocycles. The van der Waals surface area contributed by atoms with E-state index in [1.807, 2.05) is 6.92 Å². The summed E-state index contributed by atoms with van der Waals surface area (Å²) in [5, 5.41) is 2.80. The fourth-order valence-electron chi connectivity index (χ4n) is 2.13. The van der Waals surface area contributed by atoms with Crippen LogP contribution in [0.25, 0.3) is 6.08 Å². The molecule has 27 heavy (non-hydrogen) atoms. The topological polar surface area (TPSA) is 64.6 Å². The highest BCUT2D eigenvalue weighted by atomic mass is 35.5. The number of benzene rings is 2. The average molecular weight is 392 g/mol. The van der Waals surface area contributed by atoms with Crippen molar-refractivity contribution in [3.05, 3.63) is 64.9 Å². The molecule has 0 bridgehead atoms. The van der Waals surface area contributed by atoms with Gasteiger partial charge in [0.25, 0.3) is 5.91 Å².